The van der Waals surface area contributed by atoms with Crippen LogP contribution >= 0.6 is 0 Å². The number of carbonyl (C=O) groups is 3. The molecular weight excluding hydrogens is 436 g/mol. The van der Waals surface area contributed by atoms with Gasteiger partial charge in [-0.25, -0.2) is 0 Å². The highest BCUT2D eigenvalue weighted by molar-refractivity contribution is 5.95. The van der Waals surface area contributed by atoms with Gasteiger partial charge >= 0.3 is 0 Å². The highest BCUT2D eigenvalue weighted by atomic mass is 16.5. The lowest BCUT2D eigenvalue weighted by Crippen LogP contribution is -2.60. The Labute approximate surface area is 199 Å². The minimum atomic E-state index is -0.916. The van der Waals surface area contributed by atoms with Crippen LogP contribution in [0.15, 0.2) is 33.4 Å². The number of aromatic nitrogens is 1. The Morgan fingerprint density at radius 3 is 2.53 bits per heavy atom. The van der Waals surface area contributed by atoms with E-state index in [2.05, 4.69) is 15.8 Å². The quantitative estimate of drug-likeness (QED) is 0.570. The van der Waals surface area contributed by atoms with Crippen LogP contribution in [0.25, 0.3) is 0 Å². The Bertz CT molecular complexity index is 971. The van der Waals surface area contributed by atoms with E-state index in [1.807, 2.05) is 6.07 Å². The van der Waals surface area contributed by atoms with Gasteiger partial charge in [0, 0.05) is 24.9 Å². The zero-order valence-corrected chi connectivity index (χ0v) is 19.8. The van der Waals surface area contributed by atoms with E-state index in [1.54, 1.807) is 30.2 Å². The molecule has 0 saturated heterocycles. The zero-order valence-electron chi connectivity index (χ0n) is 19.8. The average molecular weight is 471 g/mol. The first-order valence-electron chi connectivity index (χ1n) is 12.3. The third-order valence-corrected chi connectivity index (χ3v) is 6.97. The molecule has 2 N–H and O–H groups in total. The molecule has 0 aromatic carbocycles. The summed E-state index contributed by atoms with van der Waals surface area (Å²) in [6.45, 7) is 1.94. The maximum absolute atomic E-state index is 13.7. The van der Waals surface area contributed by atoms with Crippen molar-refractivity contribution in [1.29, 1.82) is 0 Å². The summed E-state index contributed by atoms with van der Waals surface area (Å²) in [6, 6.07) is 5.36. The summed E-state index contributed by atoms with van der Waals surface area (Å²) in [4.78, 5) is 41.2. The average Bonchev–Trinajstić information content (AvgIpc) is 3.59. The van der Waals surface area contributed by atoms with Crippen LogP contribution in [-0.4, -0.2) is 39.4 Å². The van der Waals surface area contributed by atoms with Crippen LogP contribution in [-0.2, 0) is 20.9 Å². The molecule has 2 aromatic heterocycles. The van der Waals surface area contributed by atoms with Gasteiger partial charge in [0.1, 0.15) is 17.1 Å². The number of hydrogen-bond acceptors (Lipinski definition) is 6. The molecule has 0 unspecified atom stereocenters. The molecule has 9 nitrogen and oxygen atoms in total. The van der Waals surface area contributed by atoms with Crippen molar-refractivity contribution in [3.63, 3.8) is 0 Å². The smallest absolute Gasteiger partial charge is 0.246 e. The Hall–Kier alpha value is -3.10. The number of amides is 3. The van der Waals surface area contributed by atoms with E-state index in [1.165, 1.54) is 6.42 Å². The molecule has 2 heterocycles. The second-order valence-electron chi connectivity index (χ2n) is 9.48. The molecule has 2 saturated carbocycles. The van der Waals surface area contributed by atoms with Crippen LogP contribution in [0.3, 0.4) is 0 Å². The molecule has 34 heavy (non-hydrogen) atoms. The largest absolute Gasteiger partial charge is 0.467 e. The molecule has 184 valence electrons. The van der Waals surface area contributed by atoms with Crippen LogP contribution in [0.2, 0.25) is 0 Å². The molecule has 0 radical (unpaired) electrons. The zero-order chi connectivity index (χ0) is 24.0. The Morgan fingerprint density at radius 1 is 1.12 bits per heavy atom. The lowest BCUT2D eigenvalue weighted by atomic mass is 9.90. The van der Waals surface area contributed by atoms with Crippen molar-refractivity contribution >= 4 is 23.5 Å². The van der Waals surface area contributed by atoms with E-state index in [9.17, 15) is 14.4 Å². The number of carbonyl (C=O) groups excluding carboxylic acids is 3. The van der Waals surface area contributed by atoms with E-state index < -0.39 is 5.54 Å². The summed E-state index contributed by atoms with van der Waals surface area (Å²) in [5, 5.41) is 9.65. The number of aryl methyl sites for hydroxylation is 1. The first kappa shape index (κ1) is 24.0. The molecule has 9 heteroatoms. The number of anilines is 1. The molecule has 3 amide bonds. The normalized spacial score (nSPS) is 17.9. The lowest BCUT2D eigenvalue weighted by Gasteiger charge is -2.41. The second kappa shape index (κ2) is 10.9. The fourth-order valence-electron chi connectivity index (χ4n) is 5.17. The van der Waals surface area contributed by atoms with Gasteiger partial charge in [-0.05, 0) is 44.7 Å². The van der Waals surface area contributed by atoms with Gasteiger partial charge in [-0.1, -0.05) is 37.3 Å². The first-order chi connectivity index (χ1) is 16.5. The highest BCUT2D eigenvalue weighted by Crippen LogP contribution is 2.38. The molecule has 2 aromatic rings. The number of nitrogens with zero attached hydrogens (tertiary/aromatic N) is 2. The second-order valence-corrected chi connectivity index (χ2v) is 9.48. The molecule has 4 rings (SSSR count). The monoisotopic (exact) mass is 470 g/mol. The van der Waals surface area contributed by atoms with Crippen molar-refractivity contribution in [1.82, 2.24) is 15.4 Å². The van der Waals surface area contributed by atoms with Crippen LogP contribution < -0.4 is 10.6 Å². The molecule has 0 aliphatic heterocycles. The van der Waals surface area contributed by atoms with E-state index in [0.717, 1.165) is 38.5 Å². The summed E-state index contributed by atoms with van der Waals surface area (Å²) in [5.41, 5.74) is -0.916. The van der Waals surface area contributed by atoms with Gasteiger partial charge < -0.3 is 24.5 Å². The summed E-state index contributed by atoms with van der Waals surface area (Å²) in [7, 11) is 0. The maximum Gasteiger partial charge on any atom is 0.246 e. The van der Waals surface area contributed by atoms with Gasteiger partial charge in [-0.3, -0.25) is 14.4 Å². The first-order valence-corrected chi connectivity index (χ1v) is 12.3. The van der Waals surface area contributed by atoms with Crippen LogP contribution in [0, 0.1) is 6.92 Å². The van der Waals surface area contributed by atoms with Crippen LogP contribution in [0.1, 0.15) is 82.1 Å². The van der Waals surface area contributed by atoms with E-state index in [-0.39, 0.29) is 43.1 Å². The van der Waals surface area contributed by atoms with Crippen LogP contribution in [0.4, 0.5) is 5.82 Å². The van der Waals surface area contributed by atoms with E-state index >= 15 is 0 Å². The summed E-state index contributed by atoms with van der Waals surface area (Å²) in [6.07, 6.45) is 9.93. The van der Waals surface area contributed by atoms with Gasteiger partial charge in [-0.15, -0.1) is 0 Å². The predicted molar refractivity (Wildman–Crippen MR) is 125 cm³/mol. The van der Waals surface area contributed by atoms with Gasteiger partial charge in [-0.2, -0.15) is 0 Å². The van der Waals surface area contributed by atoms with Crippen molar-refractivity contribution in [2.75, 3.05) is 5.32 Å². The lowest BCUT2D eigenvalue weighted by molar-refractivity contribution is -0.150. The Balaban J connectivity index is 1.48. The van der Waals surface area contributed by atoms with Crippen molar-refractivity contribution in [2.24, 2.45) is 0 Å². The fourth-order valence-corrected chi connectivity index (χ4v) is 5.17. The number of furan rings is 1. The highest BCUT2D eigenvalue weighted by Gasteiger charge is 2.48. The standard InChI is InChI=1S/C25H34N4O5/c1-18-16-21(28-34-18)27-22(30)11-12-23(31)29(17-20-10-7-15-33-20)25(13-5-6-14-25)24(32)26-19-8-3-2-4-9-19/h7,10,15-16,19H,2-6,8-9,11-14,17H2,1H3,(H,26,32)(H,27,28,30). The van der Waals surface area contributed by atoms with Gasteiger partial charge in [0.05, 0.1) is 12.8 Å². The minimum absolute atomic E-state index is 0.0121. The fraction of sp³-hybridized carbons (Fsp3) is 0.600. The van der Waals surface area contributed by atoms with Crippen molar-refractivity contribution in [3.05, 3.63) is 36.0 Å². The molecule has 2 aliphatic rings. The third kappa shape index (κ3) is 5.69. The molecular formula is C25H34N4O5. The van der Waals surface area contributed by atoms with Gasteiger partial charge in [0.2, 0.25) is 17.7 Å². The van der Waals surface area contributed by atoms with Crippen molar-refractivity contribution in [2.45, 2.75) is 95.7 Å². The molecule has 0 atom stereocenters. The summed E-state index contributed by atoms with van der Waals surface area (Å²) >= 11 is 0. The Morgan fingerprint density at radius 2 is 1.88 bits per heavy atom. The van der Waals surface area contributed by atoms with Gasteiger partial charge in [0.15, 0.2) is 5.82 Å². The topological polar surface area (TPSA) is 118 Å². The van der Waals surface area contributed by atoms with Gasteiger partial charge in [0.25, 0.3) is 0 Å². The van der Waals surface area contributed by atoms with E-state index in [0.29, 0.717) is 30.2 Å². The number of hydrogen-bond donors (Lipinski definition) is 2. The van der Waals surface area contributed by atoms with Crippen molar-refractivity contribution in [3.8, 4) is 0 Å². The molecule has 0 spiro atoms. The molecule has 0 bridgehead atoms. The maximum atomic E-state index is 13.7. The SMILES string of the molecule is Cc1cc(NC(=O)CCC(=O)N(Cc2ccco2)C2(C(=O)NC3CCCCC3)CCCC2)no1. The van der Waals surface area contributed by atoms with E-state index in [4.69, 9.17) is 8.94 Å². The van der Waals surface area contributed by atoms with Crippen molar-refractivity contribution < 1.29 is 23.3 Å². The molecule has 2 aliphatic carbocycles. The number of nitrogens with one attached hydrogen (secondary N) is 2. The predicted octanol–water partition coefficient (Wildman–Crippen LogP) is 4.09. The Kier molecular flexibility index (Phi) is 7.70. The molecule has 2 fully saturated rings. The summed E-state index contributed by atoms with van der Waals surface area (Å²) in [5.74, 6) is 0.895. The van der Waals surface area contributed by atoms with Crippen LogP contribution in [0.5, 0.6) is 0 Å². The summed E-state index contributed by atoms with van der Waals surface area (Å²) < 4.78 is 10.5. The number of rotatable bonds is 9. The minimum Gasteiger partial charge on any atom is -0.467 e. The third-order valence-electron chi connectivity index (χ3n) is 6.97.